The predicted molar refractivity (Wildman–Crippen MR) is 60.3 cm³/mol. The first-order chi connectivity index (χ1) is 7.26. The van der Waals surface area contributed by atoms with Crippen molar-refractivity contribution in [1.82, 2.24) is 5.32 Å². The van der Waals surface area contributed by atoms with Crippen LogP contribution in [0.4, 0.5) is 0 Å². The number of carbonyl (C=O) groups is 2. The van der Waals surface area contributed by atoms with Crippen LogP contribution in [-0.4, -0.2) is 30.1 Å². The smallest absolute Gasteiger partial charge is 0.308 e. The van der Waals surface area contributed by atoms with Gasteiger partial charge in [-0.25, -0.2) is 0 Å². The van der Waals surface area contributed by atoms with E-state index in [9.17, 15) is 9.59 Å². The number of hydrogen-bond donors (Lipinski definition) is 2. The fourth-order valence-corrected chi connectivity index (χ4v) is 0.925. The second kappa shape index (κ2) is 6.13. The average molecular weight is 226 g/mol. The Labute approximate surface area is 95.7 Å². The number of nitrogens with two attached hydrogens (primary N) is 1. The molecule has 0 fully saturated rings. The van der Waals surface area contributed by atoms with Gasteiger partial charge in [-0.1, -0.05) is 5.92 Å². The maximum absolute atomic E-state index is 11.3. The highest BCUT2D eigenvalue weighted by atomic mass is 16.6. The maximum Gasteiger partial charge on any atom is 0.308 e. The van der Waals surface area contributed by atoms with Gasteiger partial charge >= 0.3 is 5.97 Å². The largest absolute Gasteiger partial charge is 0.460 e. The summed E-state index contributed by atoms with van der Waals surface area (Å²) in [5.41, 5.74) is 4.92. The van der Waals surface area contributed by atoms with Crippen molar-refractivity contribution in [2.45, 2.75) is 38.8 Å². The third kappa shape index (κ3) is 6.85. The van der Waals surface area contributed by atoms with Crippen molar-refractivity contribution in [3.63, 3.8) is 0 Å². The van der Waals surface area contributed by atoms with Crippen LogP contribution in [0.1, 0.15) is 27.2 Å². The molecule has 0 heterocycles. The summed E-state index contributed by atoms with van der Waals surface area (Å²) < 4.78 is 5.02. The molecule has 0 aliphatic carbocycles. The van der Waals surface area contributed by atoms with Gasteiger partial charge in [0.2, 0.25) is 5.91 Å². The molecule has 1 atom stereocenters. The zero-order chi connectivity index (χ0) is 12.8. The lowest BCUT2D eigenvalue weighted by molar-refractivity contribution is -0.156. The predicted octanol–water partition coefficient (Wildman–Crippen LogP) is -0.205. The molecule has 5 heteroatoms. The van der Waals surface area contributed by atoms with Gasteiger partial charge in [-0.2, -0.15) is 0 Å². The zero-order valence-electron chi connectivity index (χ0n) is 9.87. The molecule has 0 aliphatic heterocycles. The topological polar surface area (TPSA) is 81.4 Å². The monoisotopic (exact) mass is 226 g/mol. The molecule has 0 unspecified atom stereocenters. The number of esters is 1. The van der Waals surface area contributed by atoms with E-state index in [2.05, 4.69) is 11.2 Å². The number of amides is 1. The SMILES string of the molecule is C#CCNC(=O)[C@@H](N)CC(=O)OC(C)(C)C. The molecule has 0 radical (unpaired) electrons. The molecule has 5 nitrogen and oxygen atoms in total. The number of carbonyl (C=O) groups excluding carboxylic acids is 2. The minimum Gasteiger partial charge on any atom is -0.460 e. The van der Waals surface area contributed by atoms with E-state index in [4.69, 9.17) is 16.9 Å². The van der Waals surface area contributed by atoms with Gasteiger partial charge < -0.3 is 15.8 Å². The second-order valence-corrected chi connectivity index (χ2v) is 4.32. The number of terminal acetylenes is 1. The number of rotatable bonds is 4. The van der Waals surface area contributed by atoms with Gasteiger partial charge in [0.25, 0.3) is 0 Å². The molecule has 0 spiro atoms. The van der Waals surface area contributed by atoms with Gasteiger partial charge in [0.15, 0.2) is 0 Å². The Hall–Kier alpha value is -1.54. The normalized spacial score (nSPS) is 12.4. The molecule has 0 bridgehead atoms. The van der Waals surface area contributed by atoms with Crippen LogP contribution in [0.3, 0.4) is 0 Å². The van der Waals surface area contributed by atoms with E-state index in [1.165, 1.54) is 0 Å². The van der Waals surface area contributed by atoms with Crippen molar-refractivity contribution in [2.75, 3.05) is 6.54 Å². The molecule has 90 valence electrons. The second-order valence-electron chi connectivity index (χ2n) is 4.32. The van der Waals surface area contributed by atoms with E-state index in [1.54, 1.807) is 20.8 Å². The first-order valence-electron chi connectivity index (χ1n) is 4.95. The van der Waals surface area contributed by atoms with Gasteiger partial charge in [0.1, 0.15) is 5.60 Å². The maximum atomic E-state index is 11.3. The quantitative estimate of drug-likeness (QED) is 0.513. The summed E-state index contributed by atoms with van der Waals surface area (Å²) in [4.78, 5) is 22.6. The average Bonchev–Trinajstić information content (AvgIpc) is 2.10. The van der Waals surface area contributed by atoms with Crippen LogP contribution in [0.5, 0.6) is 0 Å². The highest BCUT2D eigenvalue weighted by molar-refractivity contribution is 5.86. The Bertz CT molecular complexity index is 299. The summed E-state index contributed by atoms with van der Waals surface area (Å²) in [6.07, 6.45) is 4.81. The Morgan fingerprint density at radius 3 is 2.50 bits per heavy atom. The van der Waals surface area contributed by atoms with Crippen LogP contribution in [0.25, 0.3) is 0 Å². The summed E-state index contributed by atoms with van der Waals surface area (Å²) in [6, 6.07) is -0.928. The fourth-order valence-electron chi connectivity index (χ4n) is 0.925. The van der Waals surface area contributed by atoms with Gasteiger partial charge in [-0.05, 0) is 20.8 Å². The van der Waals surface area contributed by atoms with Crippen LogP contribution in [0.15, 0.2) is 0 Å². The molecule has 0 saturated carbocycles. The van der Waals surface area contributed by atoms with Crippen molar-refractivity contribution >= 4 is 11.9 Å². The molecule has 0 aromatic heterocycles. The van der Waals surface area contributed by atoms with Crippen LogP contribution < -0.4 is 11.1 Å². The standard InChI is InChI=1S/C11H18N2O3/c1-5-6-13-10(15)8(12)7-9(14)16-11(2,3)4/h1,8H,6-7,12H2,2-4H3,(H,13,15)/t8-/m0/s1. The Kier molecular flexibility index (Phi) is 5.54. The third-order valence-corrected chi connectivity index (χ3v) is 1.51. The molecule has 3 N–H and O–H groups in total. The third-order valence-electron chi connectivity index (χ3n) is 1.51. The van der Waals surface area contributed by atoms with Crippen molar-refractivity contribution in [3.05, 3.63) is 0 Å². The van der Waals surface area contributed by atoms with Gasteiger partial charge in [-0.3, -0.25) is 9.59 Å². The number of nitrogens with one attached hydrogen (secondary N) is 1. The zero-order valence-corrected chi connectivity index (χ0v) is 9.87. The molecule has 0 rings (SSSR count). The highest BCUT2D eigenvalue weighted by Gasteiger charge is 2.22. The lowest BCUT2D eigenvalue weighted by Gasteiger charge is -2.20. The first kappa shape index (κ1) is 14.5. The minimum absolute atomic E-state index is 0.0981. The van der Waals surface area contributed by atoms with E-state index in [1.807, 2.05) is 0 Å². The first-order valence-corrected chi connectivity index (χ1v) is 4.95. The van der Waals surface area contributed by atoms with Crippen LogP contribution >= 0.6 is 0 Å². The van der Waals surface area contributed by atoms with E-state index in [-0.39, 0.29) is 13.0 Å². The van der Waals surface area contributed by atoms with Gasteiger partial charge in [0, 0.05) is 0 Å². The van der Waals surface area contributed by atoms with Crippen molar-refractivity contribution in [2.24, 2.45) is 5.73 Å². The van der Waals surface area contributed by atoms with Crippen LogP contribution in [0, 0.1) is 12.3 Å². The van der Waals surface area contributed by atoms with Crippen molar-refractivity contribution < 1.29 is 14.3 Å². The molecular formula is C11H18N2O3. The summed E-state index contributed by atoms with van der Waals surface area (Å²) in [5, 5.41) is 2.39. The van der Waals surface area contributed by atoms with E-state index in [0.29, 0.717) is 0 Å². The molecule has 0 aliphatic rings. The van der Waals surface area contributed by atoms with Crippen LogP contribution in [0.2, 0.25) is 0 Å². The molecule has 0 aromatic carbocycles. The highest BCUT2D eigenvalue weighted by Crippen LogP contribution is 2.08. The van der Waals surface area contributed by atoms with E-state index < -0.39 is 23.5 Å². The summed E-state index contributed by atoms with van der Waals surface area (Å²) in [5.74, 6) is 1.28. The van der Waals surface area contributed by atoms with Crippen molar-refractivity contribution in [3.8, 4) is 12.3 Å². The lowest BCUT2D eigenvalue weighted by atomic mass is 10.1. The van der Waals surface area contributed by atoms with Gasteiger partial charge in [0.05, 0.1) is 19.0 Å². The summed E-state index contributed by atoms with van der Waals surface area (Å²) in [6.45, 7) is 5.33. The van der Waals surface area contributed by atoms with Crippen molar-refractivity contribution in [1.29, 1.82) is 0 Å². The lowest BCUT2D eigenvalue weighted by Crippen LogP contribution is -2.43. The molecule has 0 aromatic rings. The molecule has 16 heavy (non-hydrogen) atoms. The van der Waals surface area contributed by atoms with E-state index in [0.717, 1.165) is 0 Å². The van der Waals surface area contributed by atoms with Crippen LogP contribution in [-0.2, 0) is 14.3 Å². The Morgan fingerprint density at radius 1 is 1.50 bits per heavy atom. The number of ether oxygens (including phenoxy) is 1. The molecule has 0 saturated heterocycles. The Balaban J connectivity index is 4.05. The number of hydrogen-bond acceptors (Lipinski definition) is 4. The fraction of sp³-hybridized carbons (Fsp3) is 0.636. The van der Waals surface area contributed by atoms with Gasteiger partial charge in [-0.15, -0.1) is 6.42 Å². The minimum atomic E-state index is -0.928. The molecule has 1 amide bonds. The van der Waals surface area contributed by atoms with E-state index >= 15 is 0 Å². The summed E-state index contributed by atoms with van der Waals surface area (Å²) in [7, 11) is 0. The molecular weight excluding hydrogens is 208 g/mol. The summed E-state index contributed by atoms with van der Waals surface area (Å²) >= 11 is 0. The Morgan fingerprint density at radius 2 is 2.06 bits per heavy atom.